The molecule has 1 amide bonds. The van der Waals surface area contributed by atoms with E-state index >= 15 is 0 Å². The Labute approximate surface area is 158 Å². The van der Waals surface area contributed by atoms with Gasteiger partial charge in [0, 0.05) is 15.6 Å². The summed E-state index contributed by atoms with van der Waals surface area (Å²) in [5.74, 6) is -1.12. The maximum absolute atomic E-state index is 12.6. The van der Waals surface area contributed by atoms with Gasteiger partial charge in [-0.2, -0.15) is 4.68 Å². The number of halogens is 2. The lowest BCUT2D eigenvalue weighted by Crippen LogP contribution is -2.36. The van der Waals surface area contributed by atoms with Crippen molar-refractivity contribution in [2.24, 2.45) is 0 Å². The minimum absolute atomic E-state index is 0.0921. The average Bonchev–Trinajstić information content (AvgIpc) is 2.58. The predicted octanol–water partition coefficient (Wildman–Crippen LogP) is 4.24. The molecule has 0 fully saturated rings. The third-order valence-corrected chi connectivity index (χ3v) is 4.80. The second-order valence-corrected chi connectivity index (χ2v) is 6.65. The van der Waals surface area contributed by atoms with Gasteiger partial charge in [0.25, 0.3) is 5.56 Å². The summed E-state index contributed by atoms with van der Waals surface area (Å²) in [6, 6.07) is 11.9. The molecule has 0 aliphatic carbocycles. The highest BCUT2D eigenvalue weighted by Crippen LogP contribution is 2.31. The number of H-pyrrole nitrogens is 1. The third-order valence-electron chi connectivity index (χ3n) is 3.85. The normalized spacial score (nSPS) is 12.1. The quantitative estimate of drug-likeness (QED) is 0.653. The number of fused-ring (bicyclic) bond motifs is 1. The molecule has 2 aromatic carbocycles. The molecule has 3 aromatic rings. The number of aromatic amines is 1. The largest absolute Gasteiger partial charge is 0.330 e. The van der Waals surface area contributed by atoms with Crippen LogP contribution in [0.1, 0.15) is 18.4 Å². The molecule has 3 rings (SSSR count). The van der Waals surface area contributed by atoms with Crippen molar-refractivity contribution < 1.29 is 4.79 Å². The molecule has 0 saturated carbocycles. The first-order valence-corrected chi connectivity index (χ1v) is 8.55. The molecule has 0 aliphatic heterocycles. The maximum atomic E-state index is 12.6. The number of nitrogens with zero attached hydrogens (tertiary/aromatic N) is 1. The molecule has 1 aromatic heterocycles. The minimum Gasteiger partial charge on any atom is -0.330 e. The van der Waals surface area contributed by atoms with Gasteiger partial charge in [0.05, 0.1) is 16.8 Å². The Morgan fingerprint density at radius 3 is 2.48 bits per heavy atom. The smallest absolute Gasteiger partial charge is 0.281 e. The van der Waals surface area contributed by atoms with Crippen LogP contribution in [0.2, 0.25) is 10.0 Å². The predicted molar refractivity (Wildman–Crippen MR) is 103 cm³/mol. The standard InChI is InChI=1S/C17H13Cl2N3O2S/c1-9(14-11(18)6-4-7-12(14)19)15(23)21-22-16(24)10-5-2-3-8-13(10)20-17(22)25/h2-9H,1H3,(H,20,25)(H,21,23)/t9-/m0/s1. The Balaban J connectivity index is 2.00. The molecule has 0 bridgehead atoms. The molecule has 0 unspecified atom stereocenters. The second-order valence-electron chi connectivity index (χ2n) is 5.45. The summed E-state index contributed by atoms with van der Waals surface area (Å²) in [6.45, 7) is 1.65. The van der Waals surface area contributed by atoms with Crippen LogP contribution in [0.5, 0.6) is 0 Å². The topological polar surface area (TPSA) is 66.9 Å². The fourth-order valence-corrected chi connectivity index (χ4v) is 3.49. The summed E-state index contributed by atoms with van der Waals surface area (Å²) in [5, 5.41) is 1.18. The van der Waals surface area contributed by atoms with Crippen LogP contribution in [0, 0.1) is 4.77 Å². The van der Waals surface area contributed by atoms with Crippen LogP contribution >= 0.6 is 35.4 Å². The lowest BCUT2D eigenvalue weighted by atomic mass is 10.0. The molecule has 0 radical (unpaired) electrons. The highest BCUT2D eigenvalue weighted by atomic mass is 35.5. The zero-order valence-electron chi connectivity index (χ0n) is 13.0. The summed E-state index contributed by atoms with van der Waals surface area (Å²) in [6.07, 6.45) is 0. The summed E-state index contributed by atoms with van der Waals surface area (Å²) >= 11 is 17.5. The van der Waals surface area contributed by atoms with Gasteiger partial charge < -0.3 is 4.98 Å². The summed E-state index contributed by atoms with van der Waals surface area (Å²) in [4.78, 5) is 28.1. The van der Waals surface area contributed by atoms with Crippen LogP contribution in [0.15, 0.2) is 47.3 Å². The van der Waals surface area contributed by atoms with Gasteiger partial charge in [-0.25, -0.2) is 0 Å². The Hall–Kier alpha value is -2.15. The first-order chi connectivity index (χ1) is 11.9. The molecule has 5 nitrogen and oxygen atoms in total. The van der Waals surface area contributed by atoms with E-state index in [0.29, 0.717) is 26.5 Å². The lowest BCUT2D eigenvalue weighted by Gasteiger charge is -2.16. The Morgan fingerprint density at radius 1 is 1.16 bits per heavy atom. The number of nitrogens with one attached hydrogen (secondary N) is 2. The second kappa shape index (κ2) is 7.00. The molecule has 128 valence electrons. The number of carbonyl (C=O) groups excluding carboxylic acids is 1. The fraction of sp³-hybridized carbons (Fsp3) is 0.118. The van der Waals surface area contributed by atoms with E-state index in [2.05, 4.69) is 10.4 Å². The monoisotopic (exact) mass is 393 g/mol. The minimum atomic E-state index is -0.672. The van der Waals surface area contributed by atoms with Crippen LogP contribution in [0.25, 0.3) is 10.9 Å². The number of hydrogen-bond acceptors (Lipinski definition) is 3. The zero-order chi connectivity index (χ0) is 18.1. The summed E-state index contributed by atoms with van der Waals surface area (Å²) in [7, 11) is 0. The number of amides is 1. The number of carbonyl (C=O) groups is 1. The van der Waals surface area contributed by atoms with Crippen LogP contribution in [-0.4, -0.2) is 15.6 Å². The van der Waals surface area contributed by atoms with E-state index in [0.717, 1.165) is 4.68 Å². The summed E-state index contributed by atoms with van der Waals surface area (Å²) < 4.78 is 1.11. The molecular formula is C17H13Cl2N3O2S. The van der Waals surface area contributed by atoms with Crippen molar-refractivity contribution in [2.75, 3.05) is 5.43 Å². The van der Waals surface area contributed by atoms with Crippen molar-refractivity contribution in [3.63, 3.8) is 0 Å². The van der Waals surface area contributed by atoms with Crippen LogP contribution in [0.4, 0.5) is 0 Å². The van der Waals surface area contributed by atoms with E-state index in [-0.39, 0.29) is 4.77 Å². The van der Waals surface area contributed by atoms with Crippen LogP contribution in [-0.2, 0) is 4.79 Å². The van der Waals surface area contributed by atoms with Gasteiger partial charge in [-0.15, -0.1) is 0 Å². The van der Waals surface area contributed by atoms with Gasteiger partial charge in [0.2, 0.25) is 5.91 Å². The SMILES string of the molecule is C[C@H](C(=O)Nn1c(=S)[nH]c2ccccc2c1=O)c1c(Cl)cccc1Cl. The van der Waals surface area contributed by atoms with E-state index in [1.807, 2.05) is 0 Å². The lowest BCUT2D eigenvalue weighted by molar-refractivity contribution is -0.118. The van der Waals surface area contributed by atoms with E-state index in [1.165, 1.54) is 0 Å². The van der Waals surface area contributed by atoms with Crippen LogP contribution in [0.3, 0.4) is 0 Å². The molecule has 0 saturated heterocycles. The van der Waals surface area contributed by atoms with Gasteiger partial charge in [0.1, 0.15) is 0 Å². The number of rotatable bonds is 3. The average molecular weight is 394 g/mol. The molecule has 1 atom stereocenters. The molecule has 8 heteroatoms. The van der Waals surface area contributed by atoms with Gasteiger partial charge in [-0.1, -0.05) is 41.4 Å². The number of aromatic nitrogens is 2. The first-order valence-electron chi connectivity index (χ1n) is 7.39. The Bertz CT molecular complexity index is 1070. The molecule has 0 spiro atoms. The van der Waals surface area contributed by atoms with Gasteiger partial charge in [0.15, 0.2) is 4.77 Å². The van der Waals surface area contributed by atoms with Crippen molar-refractivity contribution in [3.05, 3.63) is 73.2 Å². The molecule has 1 heterocycles. The Kier molecular flexibility index (Phi) is 4.94. The van der Waals surface area contributed by atoms with Gasteiger partial charge in [-0.3, -0.25) is 15.0 Å². The highest BCUT2D eigenvalue weighted by Gasteiger charge is 2.22. The van der Waals surface area contributed by atoms with Crippen molar-refractivity contribution in [3.8, 4) is 0 Å². The Morgan fingerprint density at radius 2 is 1.80 bits per heavy atom. The van der Waals surface area contributed by atoms with Crippen molar-refractivity contribution in [1.82, 2.24) is 9.66 Å². The number of para-hydroxylation sites is 1. The number of benzene rings is 2. The van der Waals surface area contributed by atoms with Crippen LogP contribution < -0.4 is 11.0 Å². The molecule has 0 aliphatic rings. The van der Waals surface area contributed by atoms with Crippen molar-refractivity contribution >= 4 is 52.2 Å². The van der Waals surface area contributed by atoms with Crippen molar-refractivity contribution in [1.29, 1.82) is 0 Å². The highest BCUT2D eigenvalue weighted by molar-refractivity contribution is 7.71. The van der Waals surface area contributed by atoms with E-state index in [1.54, 1.807) is 49.4 Å². The summed E-state index contributed by atoms with van der Waals surface area (Å²) in [5.41, 5.74) is 3.22. The fourth-order valence-electron chi connectivity index (χ4n) is 2.53. The van der Waals surface area contributed by atoms with E-state index < -0.39 is 17.4 Å². The maximum Gasteiger partial charge on any atom is 0.281 e. The van der Waals surface area contributed by atoms with Gasteiger partial charge >= 0.3 is 0 Å². The number of hydrogen-bond donors (Lipinski definition) is 2. The third kappa shape index (κ3) is 3.33. The molecule has 2 N–H and O–H groups in total. The molecular weight excluding hydrogens is 381 g/mol. The van der Waals surface area contributed by atoms with Gasteiger partial charge in [-0.05, 0) is 43.4 Å². The van der Waals surface area contributed by atoms with E-state index in [9.17, 15) is 9.59 Å². The van der Waals surface area contributed by atoms with E-state index in [4.69, 9.17) is 35.4 Å². The van der Waals surface area contributed by atoms with Crippen molar-refractivity contribution in [2.45, 2.75) is 12.8 Å². The zero-order valence-corrected chi connectivity index (χ0v) is 15.4. The first kappa shape index (κ1) is 17.7. The molecule has 25 heavy (non-hydrogen) atoms.